The average Bonchev–Trinajstić information content (AvgIpc) is 0.503. The summed E-state index contributed by atoms with van der Waals surface area (Å²) in [5.74, 6) is 0. The molecule has 6 aliphatic heterocycles. The van der Waals surface area contributed by atoms with E-state index >= 15 is 0 Å². The van der Waals surface area contributed by atoms with Gasteiger partial charge in [-0.3, -0.25) is 17.7 Å². The first-order valence-corrected chi connectivity index (χ1v) is 3.27. The molecule has 6 rings (SSSR count). The summed E-state index contributed by atoms with van der Waals surface area (Å²) in [6, 6.07) is 0. The molecule has 0 aromatic heterocycles. The van der Waals surface area contributed by atoms with Gasteiger partial charge in [0.1, 0.15) is 0 Å². The highest BCUT2D eigenvalue weighted by molar-refractivity contribution is 6.64. The summed E-state index contributed by atoms with van der Waals surface area (Å²) in [4.78, 5) is 0. The largest absolute Gasteiger partial charge is 0.702 e. The summed E-state index contributed by atoms with van der Waals surface area (Å²) in [7, 11) is -2.17. The van der Waals surface area contributed by atoms with E-state index < -0.39 is 15.2 Å². The minimum absolute atomic E-state index is 0. The van der Waals surface area contributed by atoms with Gasteiger partial charge >= 0.3 is 15.2 Å². The predicted molar refractivity (Wildman–Crippen MR) is 16.4 cm³/mol. The summed E-state index contributed by atoms with van der Waals surface area (Å²) < 4.78 is 19.1. The van der Waals surface area contributed by atoms with Gasteiger partial charge in [-0.05, 0) is 0 Å². The topological polar surface area (TPSA) is 68.4 Å². The van der Waals surface area contributed by atoms with Crippen LogP contribution in [0.15, 0.2) is 0 Å². The van der Waals surface area contributed by atoms with Crippen molar-refractivity contribution >= 4 is 9.05 Å². The molecule has 0 aliphatic carbocycles. The zero-order valence-electron chi connectivity index (χ0n) is 3.13. The Balaban J connectivity index is 0.000000213. The van der Waals surface area contributed by atoms with E-state index in [0.29, 0.717) is 0 Å². The SMILES string of the molecule is O.O1C23O[Si]1(O2)O3. The van der Waals surface area contributed by atoms with Gasteiger partial charge in [0, 0.05) is 0 Å². The summed E-state index contributed by atoms with van der Waals surface area (Å²) >= 11 is 0. The Morgan fingerprint density at radius 3 is 1.14 bits per heavy atom. The Bertz CT molecular complexity index is 85.0. The van der Waals surface area contributed by atoms with E-state index in [9.17, 15) is 0 Å². The van der Waals surface area contributed by atoms with E-state index in [0.717, 1.165) is 0 Å². The monoisotopic (exact) mass is 122 g/mol. The van der Waals surface area contributed by atoms with Crippen molar-refractivity contribution in [2.75, 3.05) is 0 Å². The molecule has 0 amide bonds. The lowest BCUT2D eigenvalue weighted by molar-refractivity contribution is -0.698. The number of rotatable bonds is 0. The van der Waals surface area contributed by atoms with E-state index in [4.69, 9.17) is 17.7 Å². The van der Waals surface area contributed by atoms with Gasteiger partial charge in [0.2, 0.25) is 0 Å². The van der Waals surface area contributed by atoms with Crippen molar-refractivity contribution < 1.29 is 23.2 Å². The Morgan fingerprint density at radius 1 is 1.00 bits per heavy atom. The molecule has 0 aromatic rings. The highest BCUT2D eigenvalue weighted by Crippen LogP contribution is 2.65. The molecule has 6 aliphatic rings. The van der Waals surface area contributed by atoms with Gasteiger partial charge in [0.15, 0.2) is 0 Å². The molecule has 0 unspecified atom stereocenters. The van der Waals surface area contributed by atoms with Gasteiger partial charge in [0.05, 0.1) is 0 Å². The first kappa shape index (κ1) is 3.95. The van der Waals surface area contributed by atoms with Crippen molar-refractivity contribution in [3.8, 4) is 0 Å². The van der Waals surface area contributed by atoms with Gasteiger partial charge in [-0.1, -0.05) is 0 Å². The fourth-order valence-electron chi connectivity index (χ4n) is 0.658. The molecule has 0 aromatic carbocycles. The van der Waals surface area contributed by atoms with Gasteiger partial charge in [-0.2, -0.15) is 0 Å². The molecule has 7 heavy (non-hydrogen) atoms. The second-order valence-corrected chi connectivity index (χ2v) is 3.22. The summed E-state index contributed by atoms with van der Waals surface area (Å²) in [6.07, 6.45) is -0.938. The van der Waals surface area contributed by atoms with E-state index in [1.54, 1.807) is 0 Å². The molecule has 6 heteroatoms. The van der Waals surface area contributed by atoms with Crippen molar-refractivity contribution in [3.05, 3.63) is 0 Å². The van der Waals surface area contributed by atoms with Crippen molar-refractivity contribution in [1.82, 2.24) is 0 Å². The van der Waals surface area contributed by atoms with E-state index in [2.05, 4.69) is 0 Å². The Kier molecular flexibility index (Phi) is 0.333. The van der Waals surface area contributed by atoms with Crippen LogP contribution >= 0.6 is 0 Å². The van der Waals surface area contributed by atoms with E-state index in [1.807, 2.05) is 0 Å². The molecule has 0 atom stereocenters. The zero-order valence-corrected chi connectivity index (χ0v) is 4.13. The normalized spacial score (nSPS) is 68.6. The Morgan fingerprint density at radius 2 is 1.14 bits per heavy atom. The molecule has 6 fully saturated rings. The molecule has 6 saturated heterocycles. The van der Waals surface area contributed by atoms with Gasteiger partial charge in [-0.25, -0.2) is 0 Å². The molecule has 0 spiro atoms. The second kappa shape index (κ2) is 0.590. The molecule has 6 heterocycles. The average molecular weight is 122 g/mol. The minimum Gasteiger partial charge on any atom is -0.412 e. The molecular formula is CH2O5Si. The second-order valence-electron chi connectivity index (χ2n) is 1.41. The summed E-state index contributed by atoms with van der Waals surface area (Å²) in [6.45, 7) is 0. The molecule has 2 bridgehead atoms. The summed E-state index contributed by atoms with van der Waals surface area (Å²) in [5, 5.41) is 0. The van der Waals surface area contributed by atoms with Crippen LogP contribution in [0.3, 0.4) is 0 Å². The third-order valence-corrected chi connectivity index (χ3v) is 3.00. The minimum atomic E-state index is -2.17. The van der Waals surface area contributed by atoms with E-state index in [-0.39, 0.29) is 5.48 Å². The molecule has 40 valence electrons. The fraction of sp³-hybridized carbons (Fsp3) is 1.00. The van der Waals surface area contributed by atoms with Crippen LogP contribution in [0.1, 0.15) is 0 Å². The van der Waals surface area contributed by atoms with Crippen molar-refractivity contribution in [2.45, 2.75) is 6.16 Å². The van der Waals surface area contributed by atoms with Crippen LogP contribution in [0, 0.1) is 0 Å². The molecule has 5 nitrogen and oxygen atoms in total. The number of hydrogen-bond donors (Lipinski definition) is 0. The molecule has 0 saturated carbocycles. The van der Waals surface area contributed by atoms with Crippen LogP contribution in [0.5, 0.6) is 0 Å². The lowest BCUT2D eigenvalue weighted by Crippen LogP contribution is -3.01. The maximum atomic E-state index is 4.76. The van der Waals surface area contributed by atoms with Gasteiger partial charge in [-0.15, -0.1) is 0 Å². The highest BCUT2D eigenvalue weighted by atomic mass is 28.4. The van der Waals surface area contributed by atoms with Gasteiger partial charge in [0.25, 0.3) is 0 Å². The van der Waals surface area contributed by atoms with Crippen LogP contribution in [0.2, 0.25) is 0 Å². The third-order valence-electron chi connectivity index (χ3n) is 1.000. The van der Waals surface area contributed by atoms with Crippen LogP contribution in [-0.2, 0) is 17.7 Å². The Labute approximate surface area is 39.5 Å². The predicted octanol–water partition coefficient (Wildman–Crippen LogP) is -1.68. The first-order chi connectivity index (χ1) is 2.83. The lowest BCUT2D eigenvalue weighted by atomic mass is 11.1. The van der Waals surface area contributed by atoms with Crippen LogP contribution in [-0.4, -0.2) is 20.7 Å². The van der Waals surface area contributed by atoms with Crippen LogP contribution < -0.4 is 0 Å². The van der Waals surface area contributed by atoms with E-state index in [1.165, 1.54) is 0 Å². The van der Waals surface area contributed by atoms with Crippen LogP contribution in [0.25, 0.3) is 0 Å². The maximum absolute atomic E-state index is 4.76. The lowest BCUT2D eigenvalue weighted by Gasteiger charge is -2.72. The van der Waals surface area contributed by atoms with Crippen molar-refractivity contribution in [2.24, 2.45) is 0 Å². The maximum Gasteiger partial charge on any atom is 0.702 e. The smallest absolute Gasteiger partial charge is 0.412 e. The zero-order chi connectivity index (χ0) is 3.83. The summed E-state index contributed by atoms with van der Waals surface area (Å²) in [5.41, 5.74) is 0. The first-order valence-electron chi connectivity index (χ1n) is 1.63. The standard InChI is InChI=1S/CO4Si.H2O/c2-1-3-6(2,4-1)5-1;/h;1H2. The van der Waals surface area contributed by atoms with Crippen molar-refractivity contribution in [3.63, 3.8) is 0 Å². The highest BCUT2D eigenvalue weighted by Gasteiger charge is 3.00. The quantitative estimate of drug-likeness (QED) is 0.360. The van der Waals surface area contributed by atoms with Gasteiger partial charge < -0.3 is 5.48 Å². The molecular weight excluding hydrogens is 120 g/mol. The number of hydrogen-bond acceptors (Lipinski definition) is 4. The fourth-order valence-corrected chi connectivity index (χ4v) is 1.97. The Hall–Kier alpha value is 0.0169. The molecule has 0 radical (unpaired) electrons. The van der Waals surface area contributed by atoms with Crippen molar-refractivity contribution in [1.29, 1.82) is 0 Å². The molecule has 2 N–H and O–H groups in total. The third kappa shape index (κ3) is 0.168. The van der Waals surface area contributed by atoms with Crippen LogP contribution in [0.4, 0.5) is 0 Å².